The van der Waals surface area contributed by atoms with E-state index in [0.29, 0.717) is 23.0 Å². The molecule has 8 rings (SSSR count). The molecule has 0 saturated heterocycles. The number of aromatic nitrogens is 4. The van der Waals surface area contributed by atoms with Crippen molar-refractivity contribution in [2.45, 2.75) is 0 Å². The van der Waals surface area contributed by atoms with Crippen molar-refractivity contribution in [3.8, 4) is 57.0 Å². The topological polar surface area (TPSA) is 67.4 Å². The lowest BCUT2D eigenvalue weighted by Gasteiger charge is -2.16. The molecule has 0 aliphatic carbocycles. The largest absolute Gasteiger partial charge is 0.308 e. The fourth-order valence-electron chi connectivity index (χ4n) is 5.96. The minimum Gasteiger partial charge on any atom is -0.308 e. The molecule has 0 bridgehead atoms. The summed E-state index contributed by atoms with van der Waals surface area (Å²) in [6.45, 7) is 0. The highest BCUT2D eigenvalue weighted by Gasteiger charge is 2.20. The standard InChI is InChI=1S/C40H25N5/c41-26-27-12-11-17-30(24-27)31-22-23-34(37(25-31)45-35-20-9-7-18-32(35)33-19-8-10-21-36(33)45)40-43-38(28-13-3-1-4-14-28)42-39(44-40)29-15-5-2-6-16-29/h1-25H. The van der Waals surface area contributed by atoms with Gasteiger partial charge in [-0.1, -0.05) is 115 Å². The van der Waals surface area contributed by atoms with Gasteiger partial charge in [-0.2, -0.15) is 5.26 Å². The van der Waals surface area contributed by atoms with Gasteiger partial charge in [-0.3, -0.25) is 0 Å². The van der Waals surface area contributed by atoms with E-state index in [4.69, 9.17) is 15.0 Å². The molecule has 2 aromatic heterocycles. The van der Waals surface area contributed by atoms with Gasteiger partial charge in [-0.15, -0.1) is 0 Å². The second kappa shape index (κ2) is 11.0. The highest BCUT2D eigenvalue weighted by atomic mass is 15.1. The summed E-state index contributed by atoms with van der Waals surface area (Å²) < 4.78 is 2.30. The smallest absolute Gasteiger partial charge is 0.166 e. The molecule has 0 unspecified atom stereocenters. The Morgan fingerprint density at radius 2 is 0.956 bits per heavy atom. The molecule has 6 aromatic carbocycles. The third kappa shape index (κ3) is 4.71. The SMILES string of the molecule is N#Cc1cccc(-c2ccc(-c3nc(-c4ccccc4)nc(-c4ccccc4)n3)c(-n3c4ccccc4c4ccccc43)c2)c1. The third-order valence-corrected chi connectivity index (χ3v) is 8.08. The molecule has 0 N–H and O–H groups in total. The van der Waals surface area contributed by atoms with E-state index in [0.717, 1.165) is 44.5 Å². The van der Waals surface area contributed by atoms with Gasteiger partial charge in [0.25, 0.3) is 0 Å². The zero-order valence-corrected chi connectivity index (χ0v) is 24.2. The van der Waals surface area contributed by atoms with Gasteiger partial charge >= 0.3 is 0 Å². The Morgan fingerprint density at radius 1 is 0.444 bits per heavy atom. The molecule has 210 valence electrons. The molecule has 0 atom stereocenters. The molecule has 0 aliphatic rings. The minimum atomic E-state index is 0.580. The maximum atomic E-state index is 9.61. The third-order valence-electron chi connectivity index (χ3n) is 8.08. The molecule has 45 heavy (non-hydrogen) atoms. The normalized spacial score (nSPS) is 11.1. The van der Waals surface area contributed by atoms with Gasteiger partial charge in [0.2, 0.25) is 0 Å². The van der Waals surface area contributed by atoms with Crippen molar-refractivity contribution in [1.82, 2.24) is 19.5 Å². The molecule has 5 heteroatoms. The van der Waals surface area contributed by atoms with Crippen molar-refractivity contribution in [2.24, 2.45) is 0 Å². The lowest BCUT2D eigenvalue weighted by molar-refractivity contribution is 1.06. The van der Waals surface area contributed by atoms with Gasteiger partial charge in [0.15, 0.2) is 17.5 Å². The molecular formula is C40H25N5. The highest BCUT2D eigenvalue weighted by molar-refractivity contribution is 6.09. The van der Waals surface area contributed by atoms with E-state index >= 15 is 0 Å². The Morgan fingerprint density at radius 3 is 1.56 bits per heavy atom. The van der Waals surface area contributed by atoms with Crippen LogP contribution in [0.4, 0.5) is 0 Å². The highest BCUT2D eigenvalue weighted by Crippen LogP contribution is 2.38. The molecule has 0 amide bonds. The number of para-hydroxylation sites is 2. The summed E-state index contributed by atoms with van der Waals surface area (Å²) in [4.78, 5) is 15.1. The van der Waals surface area contributed by atoms with Crippen molar-refractivity contribution in [2.75, 3.05) is 0 Å². The van der Waals surface area contributed by atoms with Crippen LogP contribution in [0.5, 0.6) is 0 Å². The number of nitrogens with zero attached hydrogens (tertiary/aromatic N) is 5. The molecule has 0 saturated carbocycles. The predicted octanol–water partition coefficient (Wildman–Crippen LogP) is 9.51. The van der Waals surface area contributed by atoms with E-state index < -0.39 is 0 Å². The van der Waals surface area contributed by atoms with Crippen molar-refractivity contribution >= 4 is 21.8 Å². The predicted molar refractivity (Wildman–Crippen MR) is 181 cm³/mol. The van der Waals surface area contributed by atoms with Gasteiger partial charge in [-0.25, -0.2) is 15.0 Å². The molecule has 0 aliphatic heterocycles. The van der Waals surface area contributed by atoms with E-state index in [1.54, 1.807) is 0 Å². The molecule has 2 heterocycles. The van der Waals surface area contributed by atoms with Gasteiger partial charge < -0.3 is 4.57 Å². The monoisotopic (exact) mass is 575 g/mol. The Kier molecular flexibility index (Phi) is 6.44. The summed E-state index contributed by atoms with van der Waals surface area (Å²) in [7, 11) is 0. The molecule has 5 nitrogen and oxygen atoms in total. The summed E-state index contributed by atoms with van der Waals surface area (Å²) in [6.07, 6.45) is 0. The second-order valence-corrected chi connectivity index (χ2v) is 10.8. The van der Waals surface area contributed by atoms with Gasteiger partial charge in [0, 0.05) is 27.5 Å². The van der Waals surface area contributed by atoms with Crippen LogP contribution in [0.1, 0.15) is 5.56 Å². The molecular weight excluding hydrogens is 550 g/mol. The van der Waals surface area contributed by atoms with Gasteiger partial charge in [0.1, 0.15) is 0 Å². The summed E-state index contributed by atoms with van der Waals surface area (Å²) in [5.41, 5.74) is 8.40. The number of benzene rings is 6. The molecule has 0 spiro atoms. The average molecular weight is 576 g/mol. The van der Waals surface area contributed by atoms with Crippen LogP contribution >= 0.6 is 0 Å². The Balaban J connectivity index is 1.45. The van der Waals surface area contributed by atoms with Crippen LogP contribution in [0.25, 0.3) is 72.8 Å². The Labute approximate surface area is 260 Å². The van der Waals surface area contributed by atoms with Crippen LogP contribution < -0.4 is 0 Å². The fourth-order valence-corrected chi connectivity index (χ4v) is 5.96. The first-order valence-corrected chi connectivity index (χ1v) is 14.8. The van der Waals surface area contributed by atoms with Crippen molar-refractivity contribution < 1.29 is 0 Å². The van der Waals surface area contributed by atoms with Crippen LogP contribution in [0.2, 0.25) is 0 Å². The summed E-state index contributed by atoms with van der Waals surface area (Å²) in [5, 5.41) is 11.9. The van der Waals surface area contributed by atoms with Crippen molar-refractivity contribution in [3.63, 3.8) is 0 Å². The quantitative estimate of drug-likeness (QED) is 0.205. The average Bonchev–Trinajstić information content (AvgIpc) is 3.46. The number of hydrogen-bond acceptors (Lipinski definition) is 4. The zero-order chi connectivity index (χ0) is 30.2. The van der Waals surface area contributed by atoms with E-state index in [-0.39, 0.29) is 0 Å². The van der Waals surface area contributed by atoms with E-state index in [2.05, 4.69) is 77.4 Å². The van der Waals surface area contributed by atoms with Crippen molar-refractivity contribution in [1.29, 1.82) is 5.26 Å². The zero-order valence-electron chi connectivity index (χ0n) is 24.2. The number of fused-ring (bicyclic) bond motifs is 3. The fraction of sp³-hybridized carbons (Fsp3) is 0. The second-order valence-electron chi connectivity index (χ2n) is 10.8. The van der Waals surface area contributed by atoms with Crippen LogP contribution in [0.15, 0.2) is 152 Å². The molecule has 0 radical (unpaired) electrons. The van der Waals surface area contributed by atoms with Gasteiger partial charge in [-0.05, 0) is 47.5 Å². The maximum absolute atomic E-state index is 9.61. The van der Waals surface area contributed by atoms with Crippen LogP contribution in [0, 0.1) is 11.3 Å². The van der Waals surface area contributed by atoms with Crippen LogP contribution in [-0.4, -0.2) is 19.5 Å². The number of hydrogen-bond donors (Lipinski definition) is 0. The number of nitriles is 1. The lowest BCUT2D eigenvalue weighted by atomic mass is 10.00. The van der Waals surface area contributed by atoms with Gasteiger partial charge in [0.05, 0.1) is 28.4 Å². The summed E-state index contributed by atoms with van der Waals surface area (Å²) in [6, 6.07) is 53.3. The Bertz CT molecular complexity index is 2270. The van der Waals surface area contributed by atoms with Crippen LogP contribution in [0.3, 0.4) is 0 Å². The first-order chi connectivity index (χ1) is 22.3. The first kappa shape index (κ1) is 26.3. The summed E-state index contributed by atoms with van der Waals surface area (Å²) in [5.74, 6) is 1.80. The first-order valence-electron chi connectivity index (χ1n) is 14.8. The maximum Gasteiger partial charge on any atom is 0.166 e. The minimum absolute atomic E-state index is 0.580. The van der Waals surface area contributed by atoms with E-state index in [9.17, 15) is 5.26 Å². The van der Waals surface area contributed by atoms with Crippen molar-refractivity contribution in [3.05, 3.63) is 157 Å². The van der Waals surface area contributed by atoms with E-state index in [1.807, 2.05) is 84.9 Å². The van der Waals surface area contributed by atoms with Crippen LogP contribution in [-0.2, 0) is 0 Å². The molecule has 8 aromatic rings. The Hall–Kier alpha value is -6.38. The molecule has 0 fully saturated rings. The summed E-state index contributed by atoms with van der Waals surface area (Å²) >= 11 is 0. The van der Waals surface area contributed by atoms with E-state index in [1.165, 1.54) is 10.8 Å². The lowest BCUT2D eigenvalue weighted by Crippen LogP contribution is -2.04. The number of rotatable bonds is 5.